The summed E-state index contributed by atoms with van der Waals surface area (Å²) in [6.07, 6.45) is 4.40. The number of aromatic nitrogens is 4. The molecule has 8 heteroatoms. The minimum Gasteiger partial charge on any atom is -0.321 e. The first-order chi connectivity index (χ1) is 11.0. The van der Waals surface area contributed by atoms with Gasteiger partial charge in [-0.1, -0.05) is 0 Å². The van der Waals surface area contributed by atoms with E-state index in [9.17, 15) is 14.4 Å². The molecule has 23 heavy (non-hydrogen) atoms. The maximum atomic E-state index is 12.2. The standard InChI is InChI=1S/C15H13N5O3/c1-19-12-11(14(22)20(2)15(19)23)6-10(8-17-12)18-13(21)9-4-3-5-16-7-9/h3-8H,1-2H3,(H,18,21). The Labute approximate surface area is 130 Å². The van der Waals surface area contributed by atoms with Crippen LogP contribution in [0.15, 0.2) is 46.4 Å². The van der Waals surface area contributed by atoms with Crippen molar-refractivity contribution in [1.29, 1.82) is 0 Å². The minimum atomic E-state index is -0.465. The molecule has 8 nitrogen and oxygen atoms in total. The summed E-state index contributed by atoms with van der Waals surface area (Å²) in [5, 5.41) is 2.90. The van der Waals surface area contributed by atoms with Gasteiger partial charge in [-0.3, -0.25) is 23.7 Å². The van der Waals surface area contributed by atoms with E-state index in [2.05, 4.69) is 15.3 Å². The summed E-state index contributed by atoms with van der Waals surface area (Å²) < 4.78 is 2.28. The van der Waals surface area contributed by atoms with Crippen LogP contribution in [-0.2, 0) is 14.1 Å². The molecule has 0 aliphatic carbocycles. The maximum absolute atomic E-state index is 12.2. The normalized spacial score (nSPS) is 10.7. The molecule has 0 radical (unpaired) electrons. The highest BCUT2D eigenvalue weighted by molar-refractivity contribution is 6.04. The molecule has 1 amide bonds. The monoisotopic (exact) mass is 311 g/mol. The first kappa shape index (κ1) is 14.6. The van der Waals surface area contributed by atoms with Crippen molar-refractivity contribution in [2.24, 2.45) is 14.1 Å². The van der Waals surface area contributed by atoms with Crippen LogP contribution in [0, 0.1) is 0 Å². The number of nitrogens with one attached hydrogen (secondary N) is 1. The second-order valence-corrected chi connectivity index (χ2v) is 5.00. The highest BCUT2D eigenvalue weighted by Gasteiger charge is 2.12. The Hall–Kier alpha value is -3.29. The predicted molar refractivity (Wildman–Crippen MR) is 84.4 cm³/mol. The van der Waals surface area contributed by atoms with Gasteiger partial charge in [-0.05, 0) is 18.2 Å². The Morgan fingerprint density at radius 1 is 1.17 bits per heavy atom. The number of aryl methyl sites for hydroxylation is 1. The molecule has 0 unspecified atom stereocenters. The van der Waals surface area contributed by atoms with Crippen LogP contribution in [0.3, 0.4) is 0 Å². The summed E-state index contributed by atoms with van der Waals surface area (Å²) in [7, 11) is 2.93. The summed E-state index contributed by atoms with van der Waals surface area (Å²) in [4.78, 5) is 44.1. The number of anilines is 1. The SMILES string of the molecule is Cn1c(=O)c2cc(NC(=O)c3cccnc3)cnc2n(C)c1=O. The van der Waals surface area contributed by atoms with E-state index in [-0.39, 0.29) is 16.9 Å². The molecule has 0 aliphatic heterocycles. The van der Waals surface area contributed by atoms with Gasteiger partial charge in [0.2, 0.25) is 0 Å². The quantitative estimate of drug-likeness (QED) is 0.733. The van der Waals surface area contributed by atoms with Crippen LogP contribution in [0.1, 0.15) is 10.4 Å². The molecule has 0 aromatic carbocycles. The second kappa shape index (κ2) is 5.48. The number of rotatable bonds is 2. The number of pyridine rings is 2. The Balaban J connectivity index is 2.06. The zero-order valence-corrected chi connectivity index (χ0v) is 12.5. The molecule has 1 N–H and O–H groups in total. The molecule has 0 saturated carbocycles. The molecule has 3 aromatic rings. The van der Waals surface area contributed by atoms with Crippen molar-refractivity contribution in [3.63, 3.8) is 0 Å². The zero-order valence-electron chi connectivity index (χ0n) is 12.5. The summed E-state index contributed by atoms with van der Waals surface area (Å²) >= 11 is 0. The van der Waals surface area contributed by atoms with Crippen molar-refractivity contribution in [3.05, 3.63) is 63.2 Å². The first-order valence-electron chi connectivity index (χ1n) is 6.76. The largest absolute Gasteiger partial charge is 0.332 e. The maximum Gasteiger partial charge on any atom is 0.332 e. The summed E-state index contributed by atoms with van der Waals surface area (Å²) in [5.41, 5.74) is 0.0933. The lowest BCUT2D eigenvalue weighted by atomic mass is 10.2. The summed E-state index contributed by atoms with van der Waals surface area (Å²) in [6, 6.07) is 4.77. The van der Waals surface area contributed by atoms with Gasteiger partial charge >= 0.3 is 5.69 Å². The lowest BCUT2D eigenvalue weighted by molar-refractivity contribution is 0.102. The van der Waals surface area contributed by atoms with Gasteiger partial charge in [-0.2, -0.15) is 0 Å². The third kappa shape index (κ3) is 2.50. The smallest absolute Gasteiger partial charge is 0.321 e. The molecule has 3 aromatic heterocycles. The number of nitrogens with zero attached hydrogens (tertiary/aromatic N) is 4. The van der Waals surface area contributed by atoms with Gasteiger partial charge < -0.3 is 5.32 Å². The number of fused-ring (bicyclic) bond motifs is 1. The van der Waals surface area contributed by atoms with Crippen LogP contribution in [0.25, 0.3) is 11.0 Å². The fourth-order valence-electron chi connectivity index (χ4n) is 2.23. The van der Waals surface area contributed by atoms with Crippen molar-refractivity contribution in [3.8, 4) is 0 Å². The Kier molecular flexibility index (Phi) is 3.49. The molecule has 0 spiro atoms. The minimum absolute atomic E-state index is 0.249. The third-order valence-corrected chi connectivity index (χ3v) is 3.47. The van der Waals surface area contributed by atoms with E-state index in [1.165, 1.54) is 37.1 Å². The second-order valence-electron chi connectivity index (χ2n) is 5.00. The van der Waals surface area contributed by atoms with Crippen molar-refractivity contribution >= 4 is 22.6 Å². The van der Waals surface area contributed by atoms with Crippen molar-refractivity contribution in [2.45, 2.75) is 0 Å². The van der Waals surface area contributed by atoms with E-state index < -0.39 is 11.2 Å². The molecular formula is C15H13N5O3. The van der Waals surface area contributed by atoms with Gasteiger partial charge in [-0.25, -0.2) is 9.78 Å². The molecule has 0 aliphatic rings. The van der Waals surface area contributed by atoms with Crippen LogP contribution in [0.4, 0.5) is 5.69 Å². The fourth-order valence-corrected chi connectivity index (χ4v) is 2.23. The number of carbonyl (C=O) groups is 1. The molecule has 3 rings (SSSR count). The van der Waals surface area contributed by atoms with Crippen LogP contribution in [-0.4, -0.2) is 25.0 Å². The van der Waals surface area contributed by atoms with Crippen molar-refractivity contribution < 1.29 is 4.79 Å². The zero-order chi connectivity index (χ0) is 16.6. The number of hydrogen-bond donors (Lipinski definition) is 1. The van der Waals surface area contributed by atoms with Gasteiger partial charge in [0.1, 0.15) is 5.65 Å². The summed E-state index contributed by atoms with van der Waals surface area (Å²) in [6.45, 7) is 0. The van der Waals surface area contributed by atoms with E-state index >= 15 is 0 Å². The fraction of sp³-hybridized carbons (Fsp3) is 0.133. The number of hydrogen-bond acceptors (Lipinski definition) is 5. The number of carbonyl (C=O) groups excluding carboxylic acids is 1. The van der Waals surface area contributed by atoms with E-state index in [0.29, 0.717) is 11.3 Å². The van der Waals surface area contributed by atoms with Gasteiger partial charge in [0, 0.05) is 26.5 Å². The average Bonchev–Trinajstić information content (AvgIpc) is 2.58. The molecule has 0 bridgehead atoms. The van der Waals surface area contributed by atoms with E-state index in [1.807, 2.05) is 0 Å². The molecule has 0 saturated heterocycles. The van der Waals surface area contributed by atoms with Crippen LogP contribution < -0.4 is 16.6 Å². The topological polar surface area (TPSA) is 98.9 Å². The van der Waals surface area contributed by atoms with E-state index in [4.69, 9.17) is 0 Å². The highest BCUT2D eigenvalue weighted by atomic mass is 16.2. The molecule has 116 valence electrons. The molecule has 0 atom stereocenters. The lowest BCUT2D eigenvalue weighted by Crippen LogP contribution is -2.37. The van der Waals surface area contributed by atoms with Gasteiger partial charge in [0.15, 0.2) is 0 Å². The average molecular weight is 311 g/mol. The summed E-state index contributed by atoms with van der Waals surface area (Å²) in [5.74, 6) is -0.360. The van der Waals surface area contributed by atoms with Gasteiger partial charge in [0.05, 0.1) is 22.8 Å². The molecule has 3 heterocycles. The van der Waals surface area contributed by atoms with Gasteiger partial charge in [0.25, 0.3) is 11.5 Å². The number of amides is 1. The van der Waals surface area contributed by atoms with Crippen molar-refractivity contribution in [2.75, 3.05) is 5.32 Å². The Morgan fingerprint density at radius 2 is 1.96 bits per heavy atom. The van der Waals surface area contributed by atoms with Crippen molar-refractivity contribution in [1.82, 2.24) is 19.1 Å². The Bertz CT molecular complexity index is 1020. The highest BCUT2D eigenvalue weighted by Crippen LogP contribution is 2.13. The van der Waals surface area contributed by atoms with Gasteiger partial charge in [-0.15, -0.1) is 0 Å². The van der Waals surface area contributed by atoms with E-state index in [1.54, 1.807) is 18.3 Å². The first-order valence-corrected chi connectivity index (χ1v) is 6.76. The lowest BCUT2D eigenvalue weighted by Gasteiger charge is -2.09. The molecular weight excluding hydrogens is 298 g/mol. The van der Waals surface area contributed by atoms with Crippen LogP contribution >= 0.6 is 0 Å². The predicted octanol–water partition coefficient (Wildman–Crippen LogP) is 0.279. The Morgan fingerprint density at radius 3 is 2.65 bits per heavy atom. The van der Waals surface area contributed by atoms with E-state index in [0.717, 1.165) is 4.57 Å². The molecule has 0 fully saturated rings. The van der Waals surface area contributed by atoms with Crippen LogP contribution in [0.2, 0.25) is 0 Å². The van der Waals surface area contributed by atoms with Crippen LogP contribution in [0.5, 0.6) is 0 Å². The third-order valence-electron chi connectivity index (χ3n) is 3.47.